The molecule has 1 rings (SSSR count). The molecule has 0 fully saturated rings. The van der Waals surface area contributed by atoms with Gasteiger partial charge >= 0.3 is 0 Å². The van der Waals surface area contributed by atoms with Crippen LogP contribution in [0, 0.1) is 6.92 Å². The molecule has 0 spiro atoms. The summed E-state index contributed by atoms with van der Waals surface area (Å²) in [6, 6.07) is 0. The van der Waals surface area contributed by atoms with Gasteiger partial charge in [0.1, 0.15) is 5.82 Å². The zero-order valence-corrected chi connectivity index (χ0v) is 10.8. The molecule has 0 aliphatic heterocycles. The highest BCUT2D eigenvalue weighted by atomic mass is 16.3. The summed E-state index contributed by atoms with van der Waals surface area (Å²) in [7, 11) is 5.83. The van der Waals surface area contributed by atoms with E-state index in [1.165, 1.54) is 5.56 Å². The standard InChI is InChI=1S/C11H22N4O/c1-8(16)7-14(4)11-10(6-12-3)9(2)13-15(11)5/h8,12,16H,6-7H2,1-5H3. The Morgan fingerprint density at radius 3 is 2.69 bits per heavy atom. The number of anilines is 1. The highest BCUT2D eigenvalue weighted by Gasteiger charge is 2.16. The number of nitrogens with one attached hydrogen (secondary N) is 1. The fourth-order valence-electron chi connectivity index (χ4n) is 2.03. The summed E-state index contributed by atoms with van der Waals surface area (Å²) >= 11 is 0. The summed E-state index contributed by atoms with van der Waals surface area (Å²) in [5.41, 5.74) is 2.22. The third-order valence-electron chi connectivity index (χ3n) is 2.57. The van der Waals surface area contributed by atoms with Gasteiger partial charge in [0.25, 0.3) is 0 Å². The molecule has 0 radical (unpaired) electrons. The predicted octanol–water partition coefficient (Wildman–Crippen LogP) is 0.265. The number of aryl methyl sites for hydroxylation is 2. The van der Waals surface area contributed by atoms with Crippen LogP contribution >= 0.6 is 0 Å². The van der Waals surface area contributed by atoms with Crippen LogP contribution in [0.1, 0.15) is 18.2 Å². The summed E-state index contributed by atoms with van der Waals surface area (Å²) in [6.45, 7) is 5.19. The number of hydrogen-bond donors (Lipinski definition) is 2. The summed E-state index contributed by atoms with van der Waals surface area (Å²) in [5, 5.41) is 17.0. The lowest BCUT2D eigenvalue weighted by atomic mass is 10.2. The first kappa shape index (κ1) is 13.0. The normalized spacial score (nSPS) is 12.9. The highest BCUT2D eigenvalue weighted by molar-refractivity contribution is 5.49. The van der Waals surface area contributed by atoms with Gasteiger partial charge in [0.15, 0.2) is 0 Å². The van der Waals surface area contributed by atoms with Gasteiger partial charge in [-0.05, 0) is 20.9 Å². The number of rotatable bonds is 5. The van der Waals surface area contributed by atoms with E-state index in [2.05, 4.69) is 10.4 Å². The molecule has 1 atom stereocenters. The van der Waals surface area contributed by atoms with Crippen LogP contribution in [-0.2, 0) is 13.6 Å². The number of likely N-dealkylation sites (N-methyl/N-ethyl adjacent to an activating group) is 1. The molecule has 0 aromatic carbocycles. The number of nitrogens with zero attached hydrogens (tertiary/aromatic N) is 3. The molecular weight excluding hydrogens is 204 g/mol. The van der Waals surface area contributed by atoms with Gasteiger partial charge in [-0.2, -0.15) is 5.10 Å². The number of aromatic nitrogens is 2. The molecule has 2 N–H and O–H groups in total. The minimum Gasteiger partial charge on any atom is -0.392 e. The van der Waals surface area contributed by atoms with Crippen LogP contribution in [-0.4, -0.2) is 41.6 Å². The second-order valence-electron chi connectivity index (χ2n) is 4.27. The van der Waals surface area contributed by atoms with Crippen molar-refractivity contribution in [3.8, 4) is 0 Å². The molecule has 5 heteroatoms. The van der Waals surface area contributed by atoms with E-state index in [0.717, 1.165) is 18.1 Å². The number of hydrogen-bond acceptors (Lipinski definition) is 4. The van der Waals surface area contributed by atoms with Crippen LogP contribution < -0.4 is 10.2 Å². The van der Waals surface area contributed by atoms with Crippen molar-refractivity contribution >= 4 is 5.82 Å². The topological polar surface area (TPSA) is 53.3 Å². The predicted molar refractivity (Wildman–Crippen MR) is 65.7 cm³/mol. The Kier molecular flexibility index (Phi) is 4.32. The maximum atomic E-state index is 9.42. The van der Waals surface area contributed by atoms with Gasteiger partial charge in [-0.15, -0.1) is 0 Å². The maximum Gasteiger partial charge on any atom is 0.131 e. The maximum absolute atomic E-state index is 9.42. The van der Waals surface area contributed by atoms with E-state index in [0.29, 0.717) is 6.54 Å². The van der Waals surface area contributed by atoms with Crippen molar-refractivity contribution in [1.29, 1.82) is 0 Å². The van der Waals surface area contributed by atoms with E-state index in [-0.39, 0.29) is 6.10 Å². The minimum absolute atomic E-state index is 0.345. The third kappa shape index (κ3) is 2.74. The van der Waals surface area contributed by atoms with E-state index < -0.39 is 0 Å². The van der Waals surface area contributed by atoms with Gasteiger partial charge in [0, 0.05) is 32.7 Å². The van der Waals surface area contributed by atoms with Gasteiger partial charge in [0.2, 0.25) is 0 Å². The van der Waals surface area contributed by atoms with Crippen molar-refractivity contribution in [3.63, 3.8) is 0 Å². The van der Waals surface area contributed by atoms with E-state index >= 15 is 0 Å². The van der Waals surface area contributed by atoms with Crippen LogP contribution in [0.4, 0.5) is 5.82 Å². The Balaban J connectivity index is 3.00. The molecule has 1 unspecified atom stereocenters. The van der Waals surface area contributed by atoms with E-state index in [4.69, 9.17) is 0 Å². The molecule has 0 saturated carbocycles. The first-order valence-corrected chi connectivity index (χ1v) is 5.53. The molecule has 92 valence electrons. The Morgan fingerprint density at radius 2 is 2.19 bits per heavy atom. The lowest BCUT2D eigenvalue weighted by molar-refractivity contribution is 0.201. The minimum atomic E-state index is -0.345. The molecule has 0 aliphatic rings. The summed E-state index contributed by atoms with van der Waals surface area (Å²) in [4.78, 5) is 2.04. The largest absolute Gasteiger partial charge is 0.392 e. The van der Waals surface area contributed by atoms with Crippen LogP contribution in [0.5, 0.6) is 0 Å². The van der Waals surface area contributed by atoms with Gasteiger partial charge in [0.05, 0.1) is 11.8 Å². The molecule has 5 nitrogen and oxygen atoms in total. The quantitative estimate of drug-likeness (QED) is 0.756. The number of aliphatic hydroxyl groups excluding tert-OH is 1. The summed E-state index contributed by atoms with van der Waals surface area (Å²) in [6.07, 6.45) is -0.345. The molecule has 0 amide bonds. The van der Waals surface area contributed by atoms with Gasteiger partial charge in [-0.1, -0.05) is 0 Å². The van der Waals surface area contributed by atoms with Crippen molar-refractivity contribution in [1.82, 2.24) is 15.1 Å². The summed E-state index contributed by atoms with van der Waals surface area (Å²) < 4.78 is 1.87. The Bertz CT molecular complexity index is 346. The second-order valence-corrected chi connectivity index (χ2v) is 4.27. The first-order valence-electron chi connectivity index (χ1n) is 5.53. The van der Waals surface area contributed by atoms with Gasteiger partial charge in [-0.3, -0.25) is 4.68 Å². The van der Waals surface area contributed by atoms with Crippen molar-refractivity contribution in [3.05, 3.63) is 11.3 Å². The lowest BCUT2D eigenvalue weighted by Crippen LogP contribution is -2.29. The third-order valence-corrected chi connectivity index (χ3v) is 2.57. The van der Waals surface area contributed by atoms with Gasteiger partial charge in [-0.25, -0.2) is 0 Å². The average Bonchev–Trinajstić information content (AvgIpc) is 2.41. The Labute approximate surface area is 97.1 Å². The molecule has 1 heterocycles. The van der Waals surface area contributed by atoms with Crippen LogP contribution in [0.2, 0.25) is 0 Å². The summed E-state index contributed by atoms with van der Waals surface area (Å²) in [5.74, 6) is 1.06. The van der Waals surface area contributed by atoms with Crippen molar-refractivity contribution in [2.24, 2.45) is 7.05 Å². The van der Waals surface area contributed by atoms with Gasteiger partial charge < -0.3 is 15.3 Å². The van der Waals surface area contributed by atoms with E-state index in [1.807, 2.05) is 37.6 Å². The zero-order chi connectivity index (χ0) is 12.3. The fourth-order valence-corrected chi connectivity index (χ4v) is 2.03. The molecule has 0 bridgehead atoms. The Hall–Kier alpha value is -1.07. The lowest BCUT2D eigenvalue weighted by Gasteiger charge is -2.22. The first-order chi connectivity index (χ1) is 7.47. The second kappa shape index (κ2) is 5.32. The molecular formula is C11H22N4O. The van der Waals surface area contributed by atoms with Crippen molar-refractivity contribution in [2.45, 2.75) is 26.5 Å². The van der Waals surface area contributed by atoms with Crippen LogP contribution in [0.25, 0.3) is 0 Å². The average molecular weight is 226 g/mol. The highest BCUT2D eigenvalue weighted by Crippen LogP contribution is 2.22. The van der Waals surface area contributed by atoms with Crippen molar-refractivity contribution in [2.75, 3.05) is 25.5 Å². The Morgan fingerprint density at radius 1 is 1.56 bits per heavy atom. The molecule has 1 aromatic heterocycles. The van der Waals surface area contributed by atoms with Crippen molar-refractivity contribution < 1.29 is 5.11 Å². The van der Waals surface area contributed by atoms with E-state index in [1.54, 1.807) is 6.92 Å². The van der Waals surface area contributed by atoms with Crippen LogP contribution in [0.3, 0.4) is 0 Å². The monoisotopic (exact) mass is 226 g/mol. The zero-order valence-electron chi connectivity index (χ0n) is 10.8. The molecule has 0 aliphatic carbocycles. The molecule has 1 aromatic rings. The van der Waals surface area contributed by atoms with E-state index in [9.17, 15) is 5.11 Å². The number of aliphatic hydroxyl groups is 1. The fraction of sp³-hybridized carbons (Fsp3) is 0.727. The van der Waals surface area contributed by atoms with Crippen LogP contribution in [0.15, 0.2) is 0 Å². The SMILES string of the molecule is CNCc1c(C)nn(C)c1N(C)CC(C)O. The molecule has 16 heavy (non-hydrogen) atoms. The smallest absolute Gasteiger partial charge is 0.131 e. The molecule has 0 saturated heterocycles.